The highest BCUT2D eigenvalue weighted by atomic mass is 19.4. The van der Waals surface area contributed by atoms with Crippen molar-refractivity contribution in [1.82, 2.24) is 0 Å². The number of hydrogen-bond acceptors (Lipinski definition) is 7. The highest BCUT2D eigenvalue weighted by Crippen LogP contribution is 2.36. The van der Waals surface area contributed by atoms with Crippen molar-refractivity contribution in [3.8, 4) is 34.3 Å². The van der Waals surface area contributed by atoms with Crippen LogP contribution in [0.15, 0.2) is 76.0 Å². The van der Waals surface area contributed by atoms with Crippen LogP contribution in [0.4, 0.5) is 13.2 Å². The Bertz CT molecular complexity index is 1520. The molecule has 4 rings (SSSR count). The van der Waals surface area contributed by atoms with Gasteiger partial charge >= 0.3 is 6.18 Å². The van der Waals surface area contributed by atoms with Crippen molar-refractivity contribution in [2.45, 2.75) is 6.18 Å². The molecule has 1 aromatic heterocycles. The lowest BCUT2D eigenvalue weighted by molar-refractivity contribution is -0.137. The fourth-order valence-corrected chi connectivity index (χ4v) is 3.37. The van der Waals surface area contributed by atoms with E-state index < -0.39 is 41.1 Å². The summed E-state index contributed by atoms with van der Waals surface area (Å²) in [6, 6.07) is 11.8. The smallest absolute Gasteiger partial charge is 0.416 e. The lowest BCUT2D eigenvalue weighted by atomic mass is 10.1. The van der Waals surface area contributed by atoms with Crippen molar-refractivity contribution in [3.05, 3.63) is 88.1 Å². The van der Waals surface area contributed by atoms with E-state index in [0.717, 1.165) is 30.3 Å². The van der Waals surface area contributed by atoms with Crippen LogP contribution in [0.1, 0.15) is 11.1 Å². The van der Waals surface area contributed by atoms with Gasteiger partial charge in [0.25, 0.3) is 0 Å². The molecule has 0 saturated carbocycles. The largest absolute Gasteiger partial charge is 0.508 e. The average Bonchev–Trinajstić information content (AvgIpc) is 2.81. The number of carbonyl (C=O) groups excluding carboxylic acids is 1. The number of carbonyl (C=O) groups is 1. The summed E-state index contributed by atoms with van der Waals surface area (Å²) in [6.07, 6.45) is -2.10. The van der Waals surface area contributed by atoms with Gasteiger partial charge in [0.1, 0.15) is 28.2 Å². The zero-order valence-corrected chi connectivity index (χ0v) is 18.2. The Morgan fingerprint density at radius 3 is 2.25 bits per heavy atom. The summed E-state index contributed by atoms with van der Waals surface area (Å²) < 4.78 is 49.2. The monoisotopic (exact) mass is 498 g/mol. The maximum absolute atomic E-state index is 13.1. The van der Waals surface area contributed by atoms with E-state index in [0.29, 0.717) is 11.1 Å². The van der Waals surface area contributed by atoms with Gasteiger partial charge in [0.05, 0.1) is 5.56 Å². The van der Waals surface area contributed by atoms with Gasteiger partial charge in [-0.05, 0) is 48.0 Å². The molecule has 0 aliphatic heterocycles. The minimum absolute atomic E-state index is 0.0526. The Morgan fingerprint density at radius 2 is 1.61 bits per heavy atom. The summed E-state index contributed by atoms with van der Waals surface area (Å²) in [7, 11) is 0. The van der Waals surface area contributed by atoms with E-state index in [1.807, 2.05) is 0 Å². The Kier molecular flexibility index (Phi) is 6.43. The molecule has 0 bridgehead atoms. The number of halogens is 3. The molecule has 4 aromatic rings. The number of hydrogen-bond donors (Lipinski definition) is 3. The van der Waals surface area contributed by atoms with Crippen molar-refractivity contribution in [3.63, 3.8) is 0 Å². The molecule has 0 spiro atoms. The molecule has 7 nitrogen and oxygen atoms in total. The minimum Gasteiger partial charge on any atom is -0.508 e. The number of fused-ring (bicyclic) bond motifs is 1. The average molecular weight is 498 g/mol. The van der Waals surface area contributed by atoms with Gasteiger partial charge in [-0.15, -0.1) is 0 Å². The molecular formula is C26H17F3O7. The fourth-order valence-electron chi connectivity index (χ4n) is 3.37. The van der Waals surface area contributed by atoms with E-state index in [1.54, 1.807) is 0 Å². The van der Waals surface area contributed by atoms with Crippen molar-refractivity contribution in [1.29, 1.82) is 0 Å². The molecule has 3 N–H and O–H groups in total. The molecule has 36 heavy (non-hydrogen) atoms. The number of rotatable bonds is 6. The third-order valence-electron chi connectivity index (χ3n) is 5.11. The maximum Gasteiger partial charge on any atom is 0.416 e. The Hall–Kier alpha value is -4.73. The van der Waals surface area contributed by atoms with Crippen LogP contribution in [0.3, 0.4) is 0 Å². The number of ketones is 1. The summed E-state index contributed by atoms with van der Waals surface area (Å²) in [5, 5.41) is 29.2. The van der Waals surface area contributed by atoms with Crippen LogP contribution in [-0.4, -0.2) is 27.7 Å². The predicted octanol–water partition coefficient (Wildman–Crippen LogP) is 5.26. The first-order valence-electron chi connectivity index (χ1n) is 10.4. The molecule has 1 heterocycles. The quantitative estimate of drug-likeness (QED) is 0.311. The molecule has 0 aliphatic carbocycles. The van der Waals surface area contributed by atoms with Gasteiger partial charge in [0.15, 0.2) is 18.2 Å². The summed E-state index contributed by atoms with van der Waals surface area (Å²) in [6.45, 7) is -0.628. The van der Waals surface area contributed by atoms with Crippen molar-refractivity contribution in [2.75, 3.05) is 6.61 Å². The minimum atomic E-state index is -4.48. The van der Waals surface area contributed by atoms with Crippen LogP contribution in [0, 0.1) is 0 Å². The fraction of sp³-hybridized carbons (Fsp3) is 0.0769. The topological polar surface area (TPSA) is 117 Å². The second kappa shape index (κ2) is 9.49. The Morgan fingerprint density at radius 1 is 0.944 bits per heavy atom. The molecule has 3 aromatic carbocycles. The van der Waals surface area contributed by atoms with Gasteiger partial charge in [0, 0.05) is 17.7 Å². The standard InChI is InChI=1S/C26H17F3O7/c27-26(28,29)16-6-1-14(2-7-16)3-8-18(31)13-35-25-23(34)22-20(33)11-19(32)12-21(22)36-24(25)15-4-9-17(30)10-5-15/h1-12,30,32-33H,13H2/b8-3+. The van der Waals surface area contributed by atoms with Crippen LogP contribution < -0.4 is 10.2 Å². The number of ether oxygens (including phenoxy) is 1. The number of phenols is 3. The zero-order chi connectivity index (χ0) is 26.0. The molecule has 184 valence electrons. The third kappa shape index (κ3) is 5.17. The molecule has 0 fully saturated rings. The highest BCUT2D eigenvalue weighted by Gasteiger charge is 2.29. The van der Waals surface area contributed by atoms with Crippen LogP contribution in [0.25, 0.3) is 28.4 Å². The summed E-state index contributed by atoms with van der Waals surface area (Å²) in [4.78, 5) is 25.5. The number of aromatic hydroxyl groups is 3. The summed E-state index contributed by atoms with van der Waals surface area (Å²) in [5.74, 6) is -2.09. The maximum atomic E-state index is 13.1. The van der Waals surface area contributed by atoms with Gasteiger partial charge < -0.3 is 24.5 Å². The zero-order valence-electron chi connectivity index (χ0n) is 18.2. The van der Waals surface area contributed by atoms with Gasteiger partial charge in [-0.2, -0.15) is 13.2 Å². The number of alkyl halides is 3. The first kappa shape index (κ1) is 24.4. The lowest BCUT2D eigenvalue weighted by Crippen LogP contribution is -2.15. The first-order chi connectivity index (χ1) is 17.0. The van der Waals surface area contributed by atoms with Crippen LogP contribution in [0.2, 0.25) is 0 Å². The SMILES string of the molecule is O=C(/C=C/c1ccc(C(F)(F)F)cc1)COc1c(-c2ccc(O)cc2)oc2cc(O)cc(O)c2c1=O. The molecule has 0 unspecified atom stereocenters. The summed E-state index contributed by atoms with van der Waals surface area (Å²) >= 11 is 0. The Balaban J connectivity index is 1.63. The van der Waals surface area contributed by atoms with Gasteiger partial charge in [-0.1, -0.05) is 18.2 Å². The van der Waals surface area contributed by atoms with E-state index in [2.05, 4.69) is 0 Å². The van der Waals surface area contributed by atoms with E-state index in [-0.39, 0.29) is 28.2 Å². The van der Waals surface area contributed by atoms with Crippen molar-refractivity contribution >= 4 is 22.8 Å². The van der Waals surface area contributed by atoms with Crippen LogP contribution in [0.5, 0.6) is 23.0 Å². The Labute approximate surface area is 200 Å². The van der Waals surface area contributed by atoms with E-state index in [4.69, 9.17) is 9.15 Å². The van der Waals surface area contributed by atoms with E-state index >= 15 is 0 Å². The first-order valence-corrected chi connectivity index (χ1v) is 10.4. The normalized spacial score (nSPS) is 11.8. The van der Waals surface area contributed by atoms with Gasteiger partial charge in [0.2, 0.25) is 11.2 Å². The van der Waals surface area contributed by atoms with E-state index in [1.165, 1.54) is 42.5 Å². The number of benzene rings is 3. The van der Waals surface area contributed by atoms with Crippen molar-refractivity contribution < 1.29 is 42.4 Å². The highest BCUT2D eigenvalue weighted by molar-refractivity contribution is 5.95. The molecule has 0 saturated heterocycles. The summed E-state index contributed by atoms with van der Waals surface area (Å²) in [5.41, 5.74) is -1.12. The van der Waals surface area contributed by atoms with Crippen LogP contribution >= 0.6 is 0 Å². The second-order valence-electron chi connectivity index (χ2n) is 7.68. The van der Waals surface area contributed by atoms with Gasteiger partial charge in [-0.3, -0.25) is 9.59 Å². The third-order valence-corrected chi connectivity index (χ3v) is 5.11. The molecular weight excluding hydrogens is 481 g/mol. The second-order valence-corrected chi connectivity index (χ2v) is 7.68. The molecule has 0 atom stereocenters. The molecule has 0 aliphatic rings. The molecule has 10 heteroatoms. The van der Waals surface area contributed by atoms with Crippen molar-refractivity contribution in [2.24, 2.45) is 0 Å². The van der Waals surface area contributed by atoms with E-state index in [9.17, 15) is 38.1 Å². The predicted molar refractivity (Wildman–Crippen MR) is 124 cm³/mol. The molecule has 0 radical (unpaired) electrons. The lowest BCUT2D eigenvalue weighted by Gasteiger charge is -2.12. The van der Waals surface area contributed by atoms with Crippen LogP contribution in [-0.2, 0) is 11.0 Å². The molecule has 0 amide bonds. The number of phenolic OH excluding ortho intramolecular Hbond substituents is 3. The van der Waals surface area contributed by atoms with Gasteiger partial charge in [-0.25, -0.2) is 0 Å².